The van der Waals surface area contributed by atoms with Crippen LogP contribution in [-0.2, 0) is 0 Å². The topological polar surface area (TPSA) is 0 Å². The molecule has 0 rings (SSSR count). The molecule has 0 N–H and O–H groups in total. The summed E-state index contributed by atoms with van der Waals surface area (Å²) in [6.45, 7) is 0. The van der Waals surface area contributed by atoms with Crippen LogP contribution in [0.4, 0.5) is 23.5 Å². The van der Waals surface area contributed by atoms with Crippen molar-refractivity contribution in [1.82, 2.24) is 0 Å². The molecule has 0 saturated heterocycles. The van der Waals surface area contributed by atoms with Crippen LogP contribution in [-0.4, -0.2) is 18.0 Å². The molecule has 0 aromatic rings. The largest absolute Gasteiger partial charge is 1.00 e. The van der Waals surface area contributed by atoms with Crippen LogP contribution in [0, 0.1) is 0 Å². The molecule has 0 heterocycles. The molecule has 0 aromatic carbocycles. The zero-order valence-corrected chi connectivity index (χ0v) is 7.09. The summed E-state index contributed by atoms with van der Waals surface area (Å²) in [7, 11) is 0. The van der Waals surface area contributed by atoms with E-state index < -0.39 is 0 Å². The summed E-state index contributed by atoms with van der Waals surface area (Å²) in [5, 5.41) is 0. The van der Waals surface area contributed by atoms with Gasteiger partial charge in [-0.2, -0.15) is 0 Å². The van der Waals surface area contributed by atoms with E-state index >= 15 is 0 Å². The van der Waals surface area contributed by atoms with Gasteiger partial charge in [0.05, 0.1) is 0 Å². The molecule has 0 fully saturated rings. The van der Waals surface area contributed by atoms with Gasteiger partial charge in [0.2, 0.25) is 0 Å². The van der Waals surface area contributed by atoms with E-state index in [0.29, 0.717) is 0 Å². The number of hydrogen-bond donors (Lipinski definition) is 0. The summed E-state index contributed by atoms with van der Waals surface area (Å²) in [6.07, 6.45) is 0. The first-order chi connectivity index (χ1) is 0. The Kier molecular flexibility index (Phi) is 78200. The Morgan fingerprint density at radius 2 is 0.500 bits per heavy atom. The monoisotopic (exact) mass is 204 g/mol. The van der Waals surface area contributed by atoms with Gasteiger partial charge in [-0.3, -0.25) is 23.5 Å². The first-order valence-electron chi connectivity index (χ1n) is 0. The second-order valence-corrected chi connectivity index (χ2v) is 0. The van der Waals surface area contributed by atoms with Gasteiger partial charge in [0, 0.05) is 0 Å². The molecule has 1 atom stereocenters. The van der Waals surface area contributed by atoms with Crippen molar-refractivity contribution in [2.24, 2.45) is 0 Å². The second-order valence-electron chi connectivity index (χ2n) is 0. The Bertz CT molecular complexity index is 8.49. The van der Waals surface area contributed by atoms with Crippen molar-refractivity contribution < 1.29 is 47.1 Å². The van der Waals surface area contributed by atoms with E-state index in [9.17, 15) is 0 Å². The molecule has 0 saturated carbocycles. The maximum absolute atomic E-state index is 0. The first-order valence-corrected chi connectivity index (χ1v) is 0. The molecule has 0 bridgehead atoms. The average molecular weight is 204 g/mol. The van der Waals surface area contributed by atoms with E-state index in [1.807, 2.05) is 0 Å². The minimum absolute atomic E-state index is 0. The van der Waals surface area contributed by atoms with Crippen LogP contribution in [0.2, 0.25) is 0 Å². The van der Waals surface area contributed by atoms with Gasteiger partial charge in [0.15, 0.2) is 0 Å². The maximum Gasteiger partial charge on any atom is 1.00 e. The predicted octanol–water partition coefficient (Wildman–Crippen LogP) is -6.41. The fourth-order valence-corrected chi connectivity index (χ4v) is 0. The molecule has 0 spiro atoms. The predicted molar refractivity (Wildman–Crippen MR) is 22.5 cm³/mol. The van der Waals surface area contributed by atoms with Gasteiger partial charge < -0.3 is 4.70 Å². The van der Waals surface area contributed by atoms with Gasteiger partial charge in [-0.15, -0.1) is 0 Å². The van der Waals surface area contributed by atoms with Crippen molar-refractivity contribution >= 4 is 18.0 Å². The van der Waals surface area contributed by atoms with Crippen LogP contribution >= 0.6 is 0 Å². The fraction of sp³-hybridized carbons (Fsp3) is 0. The van der Waals surface area contributed by atoms with Gasteiger partial charge >= 0.3 is 36.8 Å². The molecule has 0 amide bonds. The zero-order chi connectivity index (χ0) is 0. The molecule has 1 unspecified atom stereocenters. The third kappa shape index (κ3) is 409. The van der Waals surface area contributed by atoms with Crippen LogP contribution in [0.25, 0.3) is 0 Å². The number of rotatable bonds is 0. The Hall–Kier alpha value is 0.736. The van der Waals surface area contributed by atoms with Crippen LogP contribution in [0.3, 0.4) is 0 Å². The Labute approximate surface area is 65.5 Å². The van der Waals surface area contributed by atoms with Gasteiger partial charge in [0.1, 0.15) is 0 Å². The quantitative estimate of drug-likeness (QED) is 0.272. The Balaban J connectivity index is 0. The molecule has 0 radical (unpaired) electrons. The molecule has 8 heteroatoms. The normalized spacial score (nSPS) is 0. The van der Waals surface area contributed by atoms with Crippen molar-refractivity contribution in [3.63, 3.8) is 0 Å². The minimum atomic E-state index is 0. The molecule has 0 aliphatic rings. The zero-order valence-electron chi connectivity index (χ0n) is 4.13. The summed E-state index contributed by atoms with van der Waals surface area (Å²) in [6, 6.07) is 0. The second kappa shape index (κ2) is 648. The molecule has 8 heavy (non-hydrogen) atoms. The van der Waals surface area contributed by atoms with Crippen molar-refractivity contribution in [3.8, 4) is 0 Å². The summed E-state index contributed by atoms with van der Waals surface area (Å²) < 4.78 is 0. The molecular weight excluding hydrogens is 196 g/mol. The number of hydrogen-bond acceptors (Lipinski definition) is 0. The molecule has 0 aliphatic carbocycles. The van der Waals surface area contributed by atoms with Crippen molar-refractivity contribution in [1.29, 1.82) is 0 Å². The van der Waals surface area contributed by atoms with E-state index in [4.69, 9.17) is 0 Å². The number of halogens is 6. The Morgan fingerprint density at radius 1 is 0.500 bits per heavy atom. The smallest absolute Gasteiger partial charge is 1.00 e. The average Bonchev–Trinajstić information content (AvgIpc) is 0. The molecule has 0 aromatic heterocycles. The third-order valence-corrected chi connectivity index (χ3v) is 0. The summed E-state index contributed by atoms with van der Waals surface area (Å²) >= 11 is 0. The maximum atomic E-state index is 0. The van der Waals surface area contributed by atoms with Crippen LogP contribution in [0.5, 0.6) is 0 Å². The van der Waals surface area contributed by atoms with E-state index in [1.165, 1.54) is 0 Å². The SMILES string of the molecule is F.F.F.F.F.[AsH3].[F-].[Li+]. The van der Waals surface area contributed by atoms with Crippen LogP contribution in [0.1, 0.15) is 0 Å². The summed E-state index contributed by atoms with van der Waals surface area (Å²) in [4.78, 5) is 0. The van der Waals surface area contributed by atoms with E-state index in [2.05, 4.69) is 0 Å². The molecule has 0 nitrogen and oxygen atoms in total. The molecular formula is H8AsF6Li. The van der Waals surface area contributed by atoms with Crippen LogP contribution in [0.15, 0.2) is 0 Å². The van der Waals surface area contributed by atoms with E-state index in [0.717, 1.165) is 0 Å². The van der Waals surface area contributed by atoms with Gasteiger partial charge in [-0.25, -0.2) is 0 Å². The molecule has 0 aliphatic heterocycles. The third-order valence-electron chi connectivity index (χ3n) is 0. The van der Waals surface area contributed by atoms with E-state index in [-0.39, 0.29) is 65.0 Å². The van der Waals surface area contributed by atoms with Crippen molar-refractivity contribution in [3.05, 3.63) is 0 Å². The van der Waals surface area contributed by atoms with Gasteiger partial charge in [-0.1, -0.05) is 0 Å². The summed E-state index contributed by atoms with van der Waals surface area (Å²) in [5.74, 6) is 0. The van der Waals surface area contributed by atoms with E-state index in [1.54, 1.807) is 0 Å². The standard InChI is InChI=1S/AsH3.6FH.Li/h1H3;6*1H;/q;;;;;;;+1/p-1. The van der Waals surface area contributed by atoms with Crippen molar-refractivity contribution in [2.45, 2.75) is 0 Å². The Morgan fingerprint density at radius 3 is 0.500 bits per heavy atom. The first kappa shape index (κ1) is 965. The van der Waals surface area contributed by atoms with Crippen LogP contribution < -0.4 is 23.6 Å². The minimum Gasteiger partial charge on any atom is -1.00 e. The van der Waals surface area contributed by atoms with Gasteiger partial charge in [0.25, 0.3) is 0 Å². The molecule has 56 valence electrons. The summed E-state index contributed by atoms with van der Waals surface area (Å²) in [5.41, 5.74) is 0. The van der Waals surface area contributed by atoms with Crippen molar-refractivity contribution in [2.75, 3.05) is 0 Å². The fourth-order valence-electron chi connectivity index (χ4n) is 0. The van der Waals surface area contributed by atoms with Gasteiger partial charge in [-0.05, 0) is 0 Å².